The fourth-order valence-electron chi connectivity index (χ4n) is 2.07. The Hall–Kier alpha value is -1.95. The van der Waals surface area contributed by atoms with E-state index in [1.54, 1.807) is 21.3 Å². The molecule has 1 unspecified atom stereocenters. The Morgan fingerprint density at radius 3 is 2.14 bits per heavy atom. The minimum absolute atomic E-state index is 0.0680. The van der Waals surface area contributed by atoms with Crippen molar-refractivity contribution in [3.63, 3.8) is 0 Å². The molecule has 0 saturated heterocycles. The summed E-state index contributed by atoms with van der Waals surface area (Å²) in [5.41, 5.74) is 0.938. The second-order valence-corrected chi connectivity index (χ2v) is 4.62. The lowest BCUT2D eigenvalue weighted by atomic mass is 10.1. The van der Waals surface area contributed by atoms with Gasteiger partial charge in [-0.2, -0.15) is 0 Å². The number of nitrogens with one attached hydrogen (secondary N) is 1. The third kappa shape index (κ3) is 4.82. The topological polar surface area (TPSA) is 77.0 Å². The van der Waals surface area contributed by atoms with E-state index in [2.05, 4.69) is 5.32 Å². The fourth-order valence-corrected chi connectivity index (χ4v) is 2.07. The van der Waals surface area contributed by atoms with Gasteiger partial charge in [-0.1, -0.05) is 6.92 Å². The molecule has 1 rings (SSSR count). The van der Waals surface area contributed by atoms with Crippen molar-refractivity contribution in [1.82, 2.24) is 5.32 Å². The molecule has 0 radical (unpaired) electrons. The summed E-state index contributed by atoms with van der Waals surface area (Å²) in [7, 11) is 4.68. The molecule has 0 aliphatic rings. The maximum Gasteiger partial charge on any atom is 0.304 e. The van der Waals surface area contributed by atoms with Crippen molar-refractivity contribution in [2.45, 2.75) is 32.4 Å². The Bertz CT molecular complexity index is 450. The van der Waals surface area contributed by atoms with Gasteiger partial charge in [0.15, 0.2) is 11.5 Å². The molecule has 0 aliphatic heterocycles. The number of ether oxygens (including phenoxy) is 3. The summed E-state index contributed by atoms with van der Waals surface area (Å²) >= 11 is 0. The number of carboxylic acids is 1. The van der Waals surface area contributed by atoms with Crippen LogP contribution < -0.4 is 19.5 Å². The molecule has 0 heterocycles. The molecule has 2 N–H and O–H groups in total. The highest BCUT2D eigenvalue weighted by Gasteiger charge is 2.15. The molecule has 21 heavy (non-hydrogen) atoms. The number of hydrogen-bond acceptors (Lipinski definition) is 5. The predicted molar refractivity (Wildman–Crippen MR) is 79.3 cm³/mol. The molecule has 1 aromatic rings. The number of rotatable bonds is 9. The average molecular weight is 297 g/mol. The van der Waals surface area contributed by atoms with Crippen molar-refractivity contribution in [2.75, 3.05) is 21.3 Å². The molecule has 118 valence electrons. The summed E-state index contributed by atoms with van der Waals surface area (Å²) in [4.78, 5) is 10.8. The van der Waals surface area contributed by atoms with Crippen molar-refractivity contribution in [3.8, 4) is 17.2 Å². The predicted octanol–water partition coefficient (Wildman–Crippen LogP) is 2.06. The lowest BCUT2D eigenvalue weighted by molar-refractivity contribution is -0.137. The van der Waals surface area contributed by atoms with Crippen LogP contribution in [0.3, 0.4) is 0 Å². The molecule has 0 fully saturated rings. The van der Waals surface area contributed by atoms with Crippen LogP contribution in [0.1, 0.15) is 25.3 Å². The van der Waals surface area contributed by atoms with Gasteiger partial charge in [-0.25, -0.2) is 0 Å². The van der Waals surface area contributed by atoms with Crippen LogP contribution in [-0.4, -0.2) is 38.4 Å². The van der Waals surface area contributed by atoms with E-state index in [4.69, 9.17) is 19.3 Å². The van der Waals surface area contributed by atoms with Crippen LogP contribution in [0.15, 0.2) is 12.1 Å². The zero-order chi connectivity index (χ0) is 15.8. The largest absolute Gasteiger partial charge is 0.493 e. The molecular formula is C15H23NO5. The first-order valence-corrected chi connectivity index (χ1v) is 6.79. The monoisotopic (exact) mass is 297 g/mol. The standard InChI is InChI=1S/C15H23NO5/c1-5-11(8-14(17)18)16-9-10-6-12(19-2)15(21-4)13(7-10)20-3/h6-7,11,16H,5,8-9H2,1-4H3,(H,17,18). The first-order valence-electron chi connectivity index (χ1n) is 6.79. The van der Waals surface area contributed by atoms with E-state index < -0.39 is 5.97 Å². The van der Waals surface area contributed by atoms with Crippen molar-refractivity contribution in [3.05, 3.63) is 17.7 Å². The van der Waals surface area contributed by atoms with Gasteiger partial charge < -0.3 is 24.6 Å². The molecule has 0 aromatic heterocycles. The minimum atomic E-state index is -0.806. The van der Waals surface area contributed by atoms with E-state index in [1.807, 2.05) is 19.1 Å². The third-order valence-electron chi connectivity index (χ3n) is 3.23. The summed E-state index contributed by atoms with van der Waals surface area (Å²) in [6.07, 6.45) is 0.845. The second-order valence-electron chi connectivity index (χ2n) is 4.62. The number of carboxylic acid groups (broad SMARTS) is 1. The lowest BCUT2D eigenvalue weighted by Gasteiger charge is -2.17. The first-order chi connectivity index (χ1) is 10.0. The van der Waals surface area contributed by atoms with E-state index in [0.717, 1.165) is 12.0 Å². The number of methoxy groups -OCH3 is 3. The van der Waals surface area contributed by atoms with Crippen molar-refractivity contribution >= 4 is 5.97 Å². The summed E-state index contributed by atoms with van der Waals surface area (Å²) < 4.78 is 15.8. The SMILES string of the molecule is CCC(CC(=O)O)NCc1cc(OC)c(OC)c(OC)c1. The van der Waals surface area contributed by atoms with E-state index in [9.17, 15) is 4.79 Å². The minimum Gasteiger partial charge on any atom is -0.493 e. The molecular weight excluding hydrogens is 274 g/mol. The Balaban J connectivity index is 2.86. The van der Waals surface area contributed by atoms with Crippen LogP contribution in [0.4, 0.5) is 0 Å². The van der Waals surface area contributed by atoms with Crippen LogP contribution in [-0.2, 0) is 11.3 Å². The van der Waals surface area contributed by atoms with Gasteiger partial charge in [0.2, 0.25) is 5.75 Å². The highest BCUT2D eigenvalue weighted by molar-refractivity contribution is 5.67. The van der Waals surface area contributed by atoms with Crippen LogP contribution in [0.5, 0.6) is 17.2 Å². The molecule has 6 heteroatoms. The van der Waals surface area contributed by atoms with Gasteiger partial charge >= 0.3 is 5.97 Å². The summed E-state index contributed by atoms with van der Waals surface area (Å²) in [6.45, 7) is 2.48. The first kappa shape index (κ1) is 17.1. The molecule has 0 amide bonds. The van der Waals surface area contributed by atoms with E-state index in [-0.39, 0.29) is 12.5 Å². The van der Waals surface area contributed by atoms with Gasteiger partial charge in [-0.3, -0.25) is 4.79 Å². The number of hydrogen-bond donors (Lipinski definition) is 2. The van der Waals surface area contributed by atoms with Gasteiger partial charge in [0.1, 0.15) is 0 Å². The Morgan fingerprint density at radius 2 is 1.76 bits per heavy atom. The number of aliphatic carboxylic acids is 1. The van der Waals surface area contributed by atoms with Gasteiger partial charge in [0.05, 0.1) is 27.8 Å². The fraction of sp³-hybridized carbons (Fsp3) is 0.533. The van der Waals surface area contributed by atoms with Crippen molar-refractivity contribution < 1.29 is 24.1 Å². The zero-order valence-corrected chi connectivity index (χ0v) is 12.9. The molecule has 0 aliphatic carbocycles. The Kier molecular flexibility index (Phi) is 6.81. The van der Waals surface area contributed by atoms with Crippen LogP contribution >= 0.6 is 0 Å². The van der Waals surface area contributed by atoms with Crippen molar-refractivity contribution in [2.24, 2.45) is 0 Å². The van der Waals surface area contributed by atoms with E-state index >= 15 is 0 Å². The molecule has 1 aromatic carbocycles. The second kappa shape index (κ2) is 8.36. The lowest BCUT2D eigenvalue weighted by Crippen LogP contribution is -2.30. The average Bonchev–Trinajstić information content (AvgIpc) is 2.49. The summed E-state index contributed by atoms with van der Waals surface area (Å²) in [6, 6.07) is 3.63. The smallest absolute Gasteiger partial charge is 0.304 e. The normalized spacial score (nSPS) is 11.8. The van der Waals surface area contributed by atoms with E-state index in [1.165, 1.54) is 0 Å². The van der Waals surface area contributed by atoms with E-state index in [0.29, 0.717) is 23.8 Å². The van der Waals surface area contributed by atoms with Gasteiger partial charge in [0.25, 0.3) is 0 Å². The molecule has 6 nitrogen and oxygen atoms in total. The van der Waals surface area contributed by atoms with Gasteiger partial charge in [-0.15, -0.1) is 0 Å². The van der Waals surface area contributed by atoms with Gasteiger partial charge in [0, 0.05) is 12.6 Å². The molecule has 0 saturated carbocycles. The Morgan fingerprint density at radius 1 is 1.19 bits per heavy atom. The summed E-state index contributed by atoms with van der Waals surface area (Å²) in [5, 5.41) is 12.1. The van der Waals surface area contributed by atoms with Crippen LogP contribution in [0, 0.1) is 0 Å². The maximum atomic E-state index is 10.8. The maximum absolute atomic E-state index is 10.8. The highest BCUT2D eigenvalue weighted by Crippen LogP contribution is 2.38. The number of carbonyl (C=O) groups is 1. The molecule has 0 bridgehead atoms. The molecule has 0 spiro atoms. The van der Waals surface area contributed by atoms with Crippen LogP contribution in [0.2, 0.25) is 0 Å². The number of benzene rings is 1. The highest BCUT2D eigenvalue weighted by atomic mass is 16.5. The van der Waals surface area contributed by atoms with Crippen molar-refractivity contribution in [1.29, 1.82) is 0 Å². The van der Waals surface area contributed by atoms with Crippen LogP contribution in [0.25, 0.3) is 0 Å². The van der Waals surface area contributed by atoms with Gasteiger partial charge in [-0.05, 0) is 24.1 Å². The molecule has 1 atom stereocenters. The quantitative estimate of drug-likeness (QED) is 0.726. The Labute approximate surface area is 125 Å². The third-order valence-corrected chi connectivity index (χ3v) is 3.23. The zero-order valence-electron chi connectivity index (χ0n) is 12.9. The summed E-state index contributed by atoms with van der Waals surface area (Å²) in [5.74, 6) is 0.903.